The molecule has 0 unspecified atom stereocenters. The molecule has 1 aliphatic heterocycles. The minimum atomic E-state index is -0.368. The molecule has 0 saturated carbocycles. The average Bonchev–Trinajstić information content (AvgIpc) is 2.97. The zero-order valence-corrected chi connectivity index (χ0v) is 13.4. The van der Waals surface area contributed by atoms with Crippen molar-refractivity contribution in [1.82, 2.24) is 13.9 Å². The van der Waals surface area contributed by atoms with Crippen molar-refractivity contribution in [3.63, 3.8) is 0 Å². The Balaban J connectivity index is 1.69. The number of fused-ring (bicyclic) bond motifs is 1. The summed E-state index contributed by atoms with van der Waals surface area (Å²) >= 11 is 5.79. The van der Waals surface area contributed by atoms with Crippen molar-refractivity contribution in [3.8, 4) is 0 Å². The van der Waals surface area contributed by atoms with Gasteiger partial charge in [-0.1, -0.05) is 54.9 Å². The normalized spacial score (nSPS) is 12.8. The number of thiol groups is 1. The summed E-state index contributed by atoms with van der Waals surface area (Å²) in [4.78, 5) is 16.5. The Bertz CT molecular complexity index is 747. The largest absolute Gasteiger partial charge is 0.333 e. The second-order valence-electron chi connectivity index (χ2n) is 4.78. The molecule has 1 aromatic carbocycles. The molecule has 22 heavy (non-hydrogen) atoms. The van der Waals surface area contributed by atoms with E-state index < -0.39 is 0 Å². The van der Waals surface area contributed by atoms with Gasteiger partial charge in [-0.05, 0) is 5.56 Å². The summed E-state index contributed by atoms with van der Waals surface area (Å²) in [5, 5.41) is 11.4. The monoisotopic (exact) mass is 333 g/mol. The molecule has 0 fully saturated rings. The van der Waals surface area contributed by atoms with Crippen molar-refractivity contribution < 1.29 is 4.79 Å². The van der Waals surface area contributed by atoms with Gasteiger partial charge in [0.2, 0.25) is 0 Å². The van der Waals surface area contributed by atoms with Gasteiger partial charge in [0.25, 0.3) is 0 Å². The number of hydrogen-bond acceptors (Lipinski definition) is 5. The van der Waals surface area contributed by atoms with Crippen molar-refractivity contribution >= 4 is 36.4 Å². The number of nitrogens with one attached hydrogen (secondary N) is 2. The van der Waals surface area contributed by atoms with Crippen LogP contribution in [0, 0.1) is 5.41 Å². The van der Waals surface area contributed by atoms with E-state index in [1.807, 2.05) is 34.9 Å². The molecular formula is C14H15N5OS2. The summed E-state index contributed by atoms with van der Waals surface area (Å²) in [7, 11) is 0. The van der Waals surface area contributed by atoms with Gasteiger partial charge in [0.1, 0.15) is 11.3 Å². The van der Waals surface area contributed by atoms with E-state index in [2.05, 4.69) is 23.1 Å². The quantitative estimate of drug-likeness (QED) is 0.596. The van der Waals surface area contributed by atoms with Gasteiger partial charge in [0.05, 0.1) is 6.54 Å². The zero-order valence-electron chi connectivity index (χ0n) is 11.7. The number of amides is 2. The third kappa shape index (κ3) is 3.28. The van der Waals surface area contributed by atoms with Crippen LogP contribution in [0.15, 0.2) is 41.6 Å². The van der Waals surface area contributed by atoms with Gasteiger partial charge < -0.3 is 4.57 Å². The Labute approximate surface area is 137 Å². The molecular weight excluding hydrogens is 318 g/mol. The van der Waals surface area contributed by atoms with Crippen LogP contribution in [0.25, 0.3) is 0 Å². The molecule has 6 nitrogen and oxygen atoms in total. The van der Waals surface area contributed by atoms with Crippen LogP contribution >= 0.6 is 24.6 Å². The van der Waals surface area contributed by atoms with E-state index in [0.717, 1.165) is 23.0 Å². The minimum Gasteiger partial charge on any atom is -0.305 e. The lowest BCUT2D eigenvalue weighted by Crippen LogP contribution is -2.29. The highest BCUT2D eigenvalue weighted by Crippen LogP contribution is 2.22. The Morgan fingerprint density at radius 3 is 3.00 bits per heavy atom. The number of anilines is 1. The number of carbonyl (C=O) groups is 1. The number of rotatable bonds is 3. The number of nitrogens with zero attached hydrogens (tertiary/aromatic N) is 3. The number of carbonyl (C=O) groups excluding carboxylic acids is 1. The molecule has 2 amide bonds. The molecule has 1 aromatic heterocycles. The highest BCUT2D eigenvalue weighted by molar-refractivity contribution is 7.99. The van der Waals surface area contributed by atoms with Gasteiger partial charge >= 0.3 is 6.03 Å². The van der Waals surface area contributed by atoms with E-state index in [1.165, 1.54) is 4.31 Å². The first kappa shape index (κ1) is 15.0. The first-order valence-corrected chi connectivity index (χ1v) is 8.12. The lowest BCUT2D eigenvalue weighted by molar-refractivity contribution is 0.238. The predicted molar refractivity (Wildman–Crippen MR) is 88.8 cm³/mol. The molecule has 0 saturated heterocycles. The molecule has 2 heterocycles. The van der Waals surface area contributed by atoms with Crippen LogP contribution in [0.1, 0.15) is 5.56 Å². The standard InChI is InChI=1S/C14H15N5OS2/c15-11-8-12(17-14-18(11)6-7-22-14)16-13(20)19(21)9-10-4-2-1-3-5-10/h1-5,8,15,21H,6-7,9H2,(H,16,20). The van der Waals surface area contributed by atoms with Gasteiger partial charge in [-0.25, -0.2) is 9.78 Å². The molecule has 0 radical (unpaired) electrons. The third-order valence-electron chi connectivity index (χ3n) is 3.20. The van der Waals surface area contributed by atoms with Crippen molar-refractivity contribution in [2.45, 2.75) is 18.2 Å². The molecule has 1 aliphatic rings. The number of hydrogen-bond donors (Lipinski definition) is 3. The van der Waals surface area contributed by atoms with E-state index in [4.69, 9.17) is 5.41 Å². The van der Waals surface area contributed by atoms with Crippen LogP contribution in [-0.2, 0) is 13.1 Å². The predicted octanol–water partition coefficient (Wildman–Crippen LogP) is 2.35. The number of benzene rings is 1. The summed E-state index contributed by atoms with van der Waals surface area (Å²) in [5.74, 6) is 1.28. The molecule has 0 spiro atoms. The van der Waals surface area contributed by atoms with E-state index in [9.17, 15) is 4.79 Å². The molecule has 2 aromatic rings. The Morgan fingerprint density at radius 2 is 2.23 bits per heavy atom. The van der Waals surface area contributed by atoms with Crippen molar-refractivity contribution in [3.05, 3.63) is 47.4 Å². The molecule has 3 rings (SSSR count). The van der Waals surface area contributed by atoms with Crippen LogP contribution in [0.2, 0.25) is 0 Å². The summed E-state index contributed by atoms with van der Waals surface area (Å²) in [6.45, 7) is 1.17. The average molecular weight is 333 g/mol. The molecule has 114 valence electrons. The molecule has 8 heteroatoms. The molecule has 2 N–H and O–H groups in total. The SMILES string of the molecule is N=c1cc(NC(=O)N(S)Cc2ccccc2)nc2n1CCS2. The zero-order chi connectivity index (χ0) is 15.5. The van der Waals surface area contributed by atoms with Crippen molar-refractivity contribution in [1.29, 1.82) is 5.41 Å². The second kappa shape index (κ2) is 6.45. The smallest absolute Gasteiger partial charge is 0.305 e. The summed E-state index contributed by atoms with van der Waals surface area (Å²) < 4.78 is 3.11. The summed E-state index contributed by atoms with van der Waals surface area (Å²) in [5.41, 5.74) is 1.33. The van der Waals surface area contributed by atoms with Crippen LogP contribution in [-0.4, -0.2) is 25.6 Å². The fourth-order valence-electron chi connectivity index (χ4n) is 2.13. The lowest BCUT2D eigenvalue weighted by Gasteiger charge is -2.16. The van der Waals surface area contributed by atoms with Gasteiger partial charge in [-0.3, -0.25) is 15.0 Å². The van der Waals surface area contributed by atoms with Crippen LogP contribution in [0.5, 0.6) is 0 Å². The minimum absolute atomic E-state index is 0.346. The summed E-state index contributed by atoms with van der Waals surface area (Å²) in [6, 6.07) is 10.8. The van der Waals surface area contributed by atoms with Gasteiger partial charge in [-0.15, -0.1) is 0 Å². The fourth-order valence-corrected chi connectivity index (χ4v) is 3.31. The number of thioether (sulfide) groups is 1. The number of urea groups is 1. The van der Waals surface area contributed by atoms with E-state index in [-0.39, 0.29) is 6.03 Å². The molecule has 0 atom stereocenters. The highest BCUT2D eigenvalue weighted by Gasteiger charge is 2.16. The molecule has 0 aliphatic carbocycles. The van der Waals surface area contributed by atoms with Gasteiger partial charge in [0.15, 0.2) is 5.16 Å². The third-order valence-corrected chi connectivity index (χ3v) is 4.48. The maximum Gasteiger partial charge on any atom is 0.333 e. The van der Waals surface area contributed by atoms with Crippen molar-refractivity contribution in [2.24, 2.45) is 0 Å². The summed E-state index contributed by atoms with van der Waals surface area (Å²) in [6.07, 6.45) is 0. The fraction of sp³-hybridized carbons (Fsp3) is 0.214. The Kier molecular flexibility index (Phi) is 4.39. The van der Waals surface area contributed by atoms with Crippen LogP contribution < -0.4 is 10.8 Å². The maximum absolute atomic E-state index is 12.2. The van der Waals surface area contributed by atoms with Gasteiger partial charge in [0, 0.05) is 18.4 Å². The molecule has 0 bridgehead atoms. The Hall–Kier alpha value is -1.93. The van der Waals surface area contributed by atoms with Crippen molar-refractivity contribution in [2.75, 3.05) is 11.1 Å². The van der Waals surface area contributed by atoms with E-state index >= 15 is 0 Å². The first-order valence-electron chi connectivity index (χ1n) is 6.74. The van der Waals surface area contributed by atoms with E-state index in [0.29, 0.717) is 17.9 Å². The second-order valence-corrected chi connectivity index (χ2v) is 6.33. The van der Waals surface area contributed by atoms with Gasteiger partial charge in [-0.2, -0.15) is 0 Å². The van der Waals surface area contributed by atoms with Crippen LogP contribution in [0.3, 0.4) is 0 Å². The lowest BCUT2D eigenvalue weighted by atomic mass is 10.2. The number of aromatic nitrogens is 2. The first-order chi connectivity index (χ1) is 10.6. The highest BCUT2D eigenvalue weighted by atomic mass is 32.2. The maximum atomic E-state index is 12.2. The van der Waals surface area contributed by atoms with E-state index in [1.54, 1.807) is 17.8 Å². The van der Waals surface area contributed by atoms with Crippen LogP contribution in [0.4, 0.5) is 10.6 Å². The Morgan fingerprint density at radius 1 is 1.45 bits per heavy atom. The topological polar surface area (TPSA) is 74.0 Å².